The van der Waals surface area contributed by atoms with Gasteiger partial charge in [-0.25, -0.2) is 0 Å². The van der Waals surface area contributed by atoms with Gasteiger partial charge >= 0.3 is 6.36 Å². The molecule has 152 valence electrons. The number of aryl methyl sites for hydroxylation is 1. The van der Waals surface area contributed by atoms with Crippen molar-refractivity contribution in [2.75, 3.05) is 19.7 Å². The molecule has 2 aromatic carbocycles. The molecule has 7 heteroatoms. The summed E-state index contributed by atoms with van der Waals surface area (Å²) < 4.78 is 53.3. The number of benzene rings is 2. The Labute approximate surface area is 162 Å². The van der Waals surface area contributed by atoms with Crippen LogP contribution >= 0.6 is 0 Å². The number of piperidine rings is 1. The minimum atomic E-state index is -4.75. The lowest BCUT2D eigenvalue weighted by atomic mass is 10.1. The quantitative estimate of drug-likeness (QED) is 0.648. The van der Waals surface area contributed by atoms with E-state index < -0.39 is 6.36 Å². The molecule has 0 N–H and O–H groups in total. The van der Waals surface area contributed by atoms with E-state index in [9.17, 15) is 13.2 Å². The van der Waals surface area contributed by atoms with Crippen LogP contribution in [0.15, 0.2) is 48.5 Å². The lowest BCUT2D eigenvalue weighted by molar-refractivity contribution is -0.275. The number of alkyl halides is 3. The summed E-state index contributed by atoms with van der Waals surface area (Å²) in [6.45, 7) is 3.68. The molecule has 2 aromatic rings. The van der Waals surface area contributed by atoms with Crippen LogP contribution in [-0.2, 0) is 0 Å². The highest BCUT2D eigenvalue weighted by Crippen LogP contribution is 2.32. The molecule has 1 heterocycles. The fourth-order valence-corrected chi connectivity index (χ4v) is 3.17. The molecule has 1 fully saturated rings. The zero-order valence-electron chi connectivity index (χ0n) is 15.7. The summed E-state index contributed by atoms with van der Waals surface area (Å²) in [5.74, 6) is 0.557. The number of ether oxygens (including phenoxy) is 3. The van der Waals surface area contributed by atoms with Gasteiger partial charge in [-0.1, -0.05) is 29.8 Å². The van der Waals surface area contributed by atoms with Crippen LogP contribution in [0.4, 0.5) is 13.2 Å². The van der Waals surface area contributed by atoms with Gasteiger partial charge in [-0.05, 0) is 50.5 Å². The molecule has 1 atom stereocenters. The summed E-state index contributed by atoms with van der Waals surface area (Å²) >= 11 is 0. The molecule has 0 spiro atoms. The molecule has 1 aliphatic heterocycles. The van der Waals surface area contributed by atoms with Crippen molar-refractivity contribution in [1.29, 1.82) is 0 Å². The first-order chi connectivity index (χ1) is 13.4. The fourth-order valence-electron chi connectivity index (χ4n) is 3.17. The van der Waals surface area contributed by atoms with Gasteiger partial charge in [0.05, 0.1) is 0 Å². The SMILES string of the molecule is Cc1ccc(OC2CCCCN2CCOc2ccccc2OC(F)(F)F)cc1. The van der Waals surface area contributed by atoms with Gasteiger partial charge < -0.3 is 14.2 Å². The normalized spacial score (nSPS) is 17.9. The monoisotopic (exact) mass is 395 g/mol. The van der Waals surface area contributed by atoms with Crippen molar-refractivity contribution < 1.29 is 27.4 Å². The van der Waals surface area contributed by atoms with E-state index in [0.717, 1.165) is 31.6 Å². The lowest BCUT2D eigenvalue weighted by Gasteiger charge is -2.35. The fraction of sp³-hybridized carbons (Fsp3) is 0.429. The molecule has 0 radical (unpaired) electrons. The Morgan fingerprint density at radius 1 is 1.00 bits per heavy atom. The number of likely N-dealkylation sites (tertiary alicyclic amines) is 1. The summed E-state index contributed by atoms with van der Waals surface area (Å²) in [5.41, 5.74) is 1.17. The molecule has 0 saturated carbocycles. The molecule has 0 amide bonds. The number of rotatable bonds is 7. The van der Waals surface area contributed by atoms with Crippen molar-refractivity contribution in [2.24, 2.45) is 0 Å². The average molecular weight is 395 g/mol. The Balaban J connectivity index is 1.56. The van der Waals surface area contributed by atoms with Gasteiger partial charge in [0, 0.05) is 13.1 Å². The maximum Gasteiger partial charge on any atom is 0.573 e. The standard InChI is InChI=1S/C21H24F3NO3/c1-16-9-11-17(12-10-16)27-20-8-4-5-13-25(20)14-15-26-18-6-2-3-7-19(18)28-21(22,23)24/h2-3,6-7,9-12,20H,4-5,8,13-15H2,1H3. The van der Waals surface area contributed by atoms with Crippen LogP contribution in [0.1, 0.15) is 24.8 Å². The van der Waals surface area contributed by atoms with Crippen LogP contribution in [0.3, 0.4) is 0 Å². The third-order valence-corrected chi connectivity index (χ3v) is 4.56. The number of hydrogen-bond donors (Lipinski definition) is 0. The van der Waals surface area contributed by atoms with Crippen molar-refractivity contribution in [2.45, 2.75) is 38.8 Å². The number of halogens is 3. The van der Waals surface area contributed by atoms with Crippen LogP contribution in [0.2, 0.25) is 0 Å². The van der Waals surface area contributed by atoms with E-state index >= 15 is 0 Å². The van der Waals surface area contributed by atoms with E-state index in [2.05, 4.69) is 9.64 Å². The van der Waals surface area contributed by atoms with Crippen LogP contribution in [-0.4, -0.2) is 37.2 Å². The van der Waals surface area contributed by atoms with E-state index in [1.807, 2.05) is 31.2 Å². The first kappa shape index (κ1) is 20.3. The Morgan fingerprint density at radius 3 is 2.43 bits per heavy atom. The van der Waals surface area contributed by atoms with E-state index in [1.165, 1.54) is 23.8 Å². The lowest BCUT2D eigenvalue weighted by Crippen LogP contribution is -2.45. The Hall–Kier alpha value is -2.41. The van der Waals surface area contributed by atoms with E-state index in [0.29, 0.717) is 6.54 Å². The Bertz CT molecular complexity index is 749. The summed E-state index contributed by atoms with van der Waals surface area (Å²) in [6, 6.07) is 13.7. The van der Waals surface area contributed by atoms with Crippen LogP contribution in [0.5, 0.6) is 17.2 Å². The number of nitrogens with zero attached hydrogens (tertiary/aromatic N) is 1. The van der Waals surface area contributed by atoms with Crippen molar-refractivity contribution >= 4 is 0 Å². The third kappa shape index (κ3) is 6.05. The molecule has 1 aliphatic rings. The van der Waals surface area contributed by atoms with Crippen molar-refractivity contribution in [3.63, 3.8) is 0 Å². The zero-order valence-corrected chi connectivity index (χ0v) is 15.7. The summed E-state index contributed by atoms with van der Waals surface area (Å²) in [4.78, 5) is 2.16. The Morgan fingerprint density at radius 2 is 1.71 bits per heavy atom. The second-order valence-electron chi connectivity index (χ2n) is 6.76. The smallest absolute Gasteiger partial charge is 0.488 e. The predicted molar refractivity (Wildman–Crippen MR) is 99.6 cm³/mol. The molecular weight excluding hydrogens is 371 g/mol. The highest BCUT2D eigenvalue weighted by atomic mass is 19.4. The molecule has 0 aromatic heterocycles. The van der Waals surface area contributed by atoms with Crippen LogP contribution in [0.25, 0.3) is 0 Å². The molecular formula is C21H24F3NO3. The topological polar surface area (TPSA) is 30.9 Å². The van der Waals surface area contributed by atoms with Gasteiger partial charge in [0.25, 0.3) is 0 Å². The predicted octanol–water partition coefficient (Wildman–Crippen LogP) is 5.16. The maximum absolute atomic E-state index is 12.5. The molecule has 1 saturated heterocycles. The molecule has 3 rings (SSSR count). The summed E-state index contributed by atoms with van der Waals surface area (Å²) in [7, 11) is 0. The van der Waals surface area contributed by atoms with Gasteiger partial charge in [0.15, 0.2) is 17.7 Å². The minimum Gasteiger partial charge on any atom is -0.488 e. The molecule has 4 nitrogen and oxygen atoms in total. The van der Waals surface area contributed by atoms with Crippen LogP contribution < -0.4 is 14.2 Å². The highest BCUT2D eigenvalue weighted by molar-refractivity contribution is 5.39. The molecule has 28 heavy (non-hydrogen) atoms. The van der Waals surface area contributed by atoms with Crippen molar-refractivity contribution in [3.8, 4) is 17.2 Å². The van der Waals surface area contributed by atoms with E-state index in [1.54, 1.807) is 6.07 Å². The summed E-state index contributed by atoms with van der Waals surface area (Å²) in [6.07, 6.45) is -1.78. The van der Waals surface area contributed by atoms with E-state index in [-0.39, 0.29) is 24.3 Å². The number of hydrogen-bond acceptors (Lipinski definition) is 4. The van der Waals surface area contributed by atoms with Gasteiger partial charge in [0.1, 0.15) is 12.4 Å². The zero-order chi connectivity index (χ0) is 20.0. The largest absolute Gasteiger partial charge is 0.573 e. The van der Waals surface area contributed by atoms with Gasteiger partial charge in [-0.3, -0.25) is 4.90 Å². The van der Waals surface area contributed by atoms with Crippen LogP contribution in [0, 0.1) is 6.92 Å². The van der Waals surface area contributed by atoms with E-state index in [4.69, 9.17) is 9.47 Å². The second kappa shape index (κ2) is 9.19. The maximum atomic E-state index is 12.5. The third-order valence-electron chi connectivity index (χ3n) is 4.56. The average Bonchev–Trinajstić information content (AvgIpc) is 2.65. The first-order valence-electron chi connectivity index (χ1n) is 9.36. The summed E-state index contributed by atoms with van der Waals surface area (Å²) in [5, 5.41) is 0. The van der Waals surface area contributed by atoms with Crippen molar-refractivity contribution in [3.05, 3.63) is 54.1 Å². The first-order valence-corrected chi connectivity index (χ1v) is 9.36. The molecule has 0 aliphatic carbocycles. The van der Waals surface area contributed by atoms with Gasteiger partial charge in [0.2, 0.25) is 0 Å². The van der Waals surface area contributed by atoms with Gasteiger partial charge in [-0.2, -0.15) is 0 Å². The number of para-hydroxylation sites is 2. The van der Waals surface area contributed by atoms with Gasteiger partial charge in [-0.15, -0.1) is 13.2 Å². The van der Waals surface area contributed by atoms with Crippen molar-refractivity contribution in [1.82, 2.24) is 4.90 Å². The molecule has 0 bridgehead atoms. The minimum absolute atomic E-state index is 0.0678. The Kier molecular flexibility index (Phi) is 6.67. The highest BCUT2D eigenvalue weighted by Gasteiger charge is 2.32. The molecule has 1 unspecified atom stereocenters. The second-order valence-corrected chi connectivity index (χ2v) is 6.76.